The molecule has 1 aromatic heterocycles. The van der Waals surface area contributed by atoms with Crippen molar-refractivity contribution in [3.8, 4) is 0 Å². The van der Waals surface area contributed by atoms with Gasteiger partial charge in [-0.2, -0.15) is 4.31 Å². The number of ether oxygens (including phenoxy) is 1. The standard InChI is InChI=1S/C11H17BrN4O4S/c1-7-6-20-9(5-17)4-16(7)21(18,19)10-2-8(12)3-14-11(10)15-13/h2-3,7,9,17H,4-6,13H2,1H3,(H,14,15). The van der Waals surface area contributed by atoms with E-state index in [0.29, 0.717) is 4.47 Å². The van der Waals surface area contributed by atoms with E-state index in [1.54, 1.807) is 6.92 Å². The second-order valence-corrected chi connectivity index (χ2v) is 7.48. The van der Waals surface area contributed by atoms with Gasteiger partial charge >= 0.3 is 0 Å². The van der Waals surface area contributed by atoms with Crippen LogP contribution in [0.4, 0.5) is 5.82 Å². The molecule has 1 aliphatic heterocycles. The summed E-state index contributed by atoms with van der Waals surface area (Å²) in [6.45, 7) is 1.80. The summed E-state index contributed by atoms with van der Waals surface area (Å²) in [7, 11) is -3.81. The van der Waals surface area contributed by atoms with E-state index < -0.39 is 16.1 Å². The average Bonchev–Trinajstić information content (AvgIpc) is 2.47. The highest BCUT2D eigenvalue weighted by Gasteiger charge is 2.37. The molecule has 2 atom stereocenters. The Labute approximate surface area is 131 Å². The van der Waals surface area contributed by atoms with Crippen LogP contribution in [0.2, 0.25) is 0 Å². The molecule has 118 valence electrons. The number of nitrogen functional groups attached to an aromatic ring is 1. The van der Waals surface area contributed by atoms with Gasteiger partial charge in [-0.3, -0.25) is 0 Å². The number of hydrazine groups is 1. The van der Waals surface area contributed by atoms with Crippen LogP contribution in [0, 0.1) is 0 Å². The molecular weight excluding hydrogens is 364 g/mol. The first-order valence-electron chi connectivity index (χ1n) is 6.26. The van der Waals surface area contributed by atoms with Crippen LogP contribution >= 0.6 is 15.9 Å². The molecule has 2 unspecified atom stereocenters. The molecule has 8 nitrogen and oxygen atoms in total. The number of sulfonamides is 1. The summed E-state index contributed by atoms with van der Waals surface area (Å²) in [5.41, 5.74) is 2.29. The van der Waals surface area contributed by atoms with Crippen LogP contribution in [0.5, 0.6) is 0 Å². The first-order chi connectivity index (χ1) is 9.90. The summed E-state index contributed by atoms with van der Waals surface area (Å²) in [6.07, 6.45) is 0.915. The van der Waals surface area contributed by atoms with E-state index in [0.717, 1.165) is 0 Å². The second kappa shape index (κ2) is 6.55. The number of hydrogen-bond acceptors (Lipinski definition) is 7. The van der Waals surface area contributed by atoms with Gasteiger partial charge in [0.05, 0.1) is 19.3 Å². The van der Waals surface area contributed by atoms with Gasteiger partial charge in [0, 0.05) is 23.3 Å². The number of hydrogen-bond donors (Lipinski definition) is 3. The minimum atomic E-state index is -3.81. The molecule has 0 amide bonds. The van der Waals surface area contributed by atoms with Crippen LogP contribution < -0.4 is 11.3 Å². The number of anilines is 1. The quantitative estimate of drug-likeness (QED) is 0.492. The topological polar surface area (TPSA) is 118 Å². The van der Waals surface area contributed by atoms with Crippen LogP contribution in [0.25, 0.3) is 0 Å². The third-order valence-corrected chi connectivity index (χ3v) is 5.62. The number of rotatable bonds is 4. The van der Waals surface area contributed by atoms with Gasteiger partial charge in [0.15, 0.2) is 5.82 Å². The molecular formula is C11H17BrN4O4S. The predicted octanol–water partition coefficient (Wildman–Crippen LogP) is -0.100. The van der Waals surface area contributed by atoms with Crippen molar-refractivity contribution in [2.75, 3.05) is 25.2 Å². The zero-order chi connectivity index (χ0) is 15.6. The number of nitrogens with one attached hydrogen (secondary N) is 1. The number of aliphatic hydroxyl groups is 1. The molecule has 0 bridgehead atoms. The fraction of sp³-hybridized carbons (Fsp3) is 0.545. The molecule has 1 fully saturated rings. The SMILES string of the molecule is CC1COC(CO)CN1S(=O)(=O)c1cc(Br)cnc1NN. The summed E-state index contributed by atoms with van der Waals surface area (Å²) < 4.78 is 32.8. The molecule has 2 heterocycles. The average molecular weight is 381 g/mol. The van der Waals surface area contributed by atoms with Crippen molar-refractivity contribution in [1.82, 2.24) is 9.29 Å². The van der Waals surface area contributed by atoms with Crippen molar-refractivity contribution in [1.29, 1.82) is 0 Å². The third-order valence-electron chi connectivity index (χ3n) is 3.19. The minimum Gasteiger partial charge on any atom is -0.394 e. The number of nitrogens with two attached hydrogens (primary N) is 1. The lowest BCUT2D eigenvalue weighted by molar-refractivity contribution is -0.0516. The van der Waals surface area contributed by atoms with Crippen LogP contribution in [-0.4, -0.2) is 54.7 Å². The van der Waals surface area contributed by atoms with E-state index in [1.165, 1.54) is 16.6 Å². The summed E-state index contributed by atoms with van der Waals surface area (Å²) in [5.74, 6) is 5.41. The maximum absolute atomic E-state index is 12.8. The van der Waals surface area contributed by atoms with E-state index in [1.807, 2.05) is 0 Å². The Balaban J connectivity index is 2.43. The van der Waals surface area contributed by atoms with Gasteiger partial charge in [-0.25, -0.2) is 19.2 Å². The Hall–Kier alpha value is -0.780. The van der Waals surface area contributed by atoms with Gasteiger partial charge in [-0.15, -0.1) is 0 Å². The van der Waals surface area contributed by atoms with Crippen LogP contribution in [0.1, 0.15) is 6.92 Å². The van der Waals surface area contributed by atoms with Crippen molar-refractivity contribution >= 4 is 31.8 Å². The van der Waals surface area contributed by atoms with Gasteiger partial charge in [0.1, 0.15) is 4.90 Å². The molecule has 1 saturated heterocycles. The Bertz CT molecular complexity index is 612. The Morgan fingerprint density at radius 1 is 1.67 bits per heavy atom. The molecule has 0 saturated carbocycles. The first-order valence-corrected chi connectivity index (χ1v) is 8.50. The van der Waals surface area contributed by atoms with Crippen LogP contribution in [0.3, 0.4) is 0 Å². The highest BCUT2D eigenvalue weighted by molar-refractivity contribution is 9.10. The Morgan fingerprint density at radius 3 is 3.00 bits per heavy atom. The van der Waals surface area contributed by atoms with E-state index in [-0.39, 0.29) is 36.5 Å². The van der Waals surface area contributed by atoms with E-state index in [4.69, 9.17) is 10.6 Å². The Kier molecular flexibility index (Phi) is 5.17. The second-order valence-electron chi connectivity index (χ2n) is 4.71. The number of aromatic nitrogens is 1. The van der Waals surface area contributed by atoms with Gasteiger partial charge in [0.25, 0.3) is 0 Å². The molecule has 0 radical (unpaired) electrons. The Morgan fingerprint density at radius 2 is 2.38 bits per heavy atom. The van der Waals surface area contributed by atoms with Crippen molar-refractivity contribution in [3.63, 3.8) is 0 Å². The molecule has 1 aliphatic rings. The lowest BCUT2D eigenvalue weighted by atomic mass is 10.2. The minimum absolute atomic E-state index is 0.0233. The zero-order valence-electron chi connectivity index (χ0n) is 11.4. The smallest absolute Gasteiger partial charge is 0.247 e. The number of pyridine rings is 1. The lowest BCUT2D eigenvalue weighted by Gasteiger charge is -2.36. The summed E-state index contributed by atoms with van der Waals surface area (Å²) in [5, 5.41) is 9.18. The molecule has 0 aromatic carbocycles. The van der Waals surface area contributed by atoms with E-state index in [2.05, 4.69) is 26.3 Å². The molecule has 0 spiro atoms. The molecule has 2 rings (SSSR count). The largest absolute Gasteiger partial charge is 0.394 e. The molecule has 1 aromatic rings. The van der Waals surface area contributed by atoms with Gasteiger partial charge in [-0.1, -0.05) is 0 Å². The molecule has 0 aliphatic carbocycles. The van der Waals surface area contributed by atoms with Gasteiger partial charge < -0.3 is 15.3 Å². The summed E-state index contributed by atoms with van der Waals surface area (Å²) in [6, 6.07) is 1.09. The van der Waals surface area contributed by atoms with E-state index >= 15 is 0 Å². The molecule has 21 heavy (non-hydrogen) atoms. The summed E-state index contributed by atoms with van der Waals surface area (Å²) >= 11 is 3.20. The lowest BCUT2D eigenvalue weighted by Crippen LogP contribution is -2.52. The summed E-state index contributed by atoms with van der Waals surface area (Å²) in [4.78, 5) is 3.93. The number of morpholine rings is 1. The normalized spacial score (nSPS) is 24.0. The fourth-order valence-electron chi connectivity index (χ4n) is 2.09. The van der Waals surface area contributed by atoms with Crippen molar-refractivity contribution in [3.05, 3.63) is 16.7 Å². The first kappa shape index (κ1) is 16.6. The number of halogens is 1. The highest BCUT2D eigenvalue weighted by Crippen LogP contribution is 2.28. The molecule has 10 heteroatoms. The van der Waals surface area contributed by atoms with Gasteiger partial charge in [-0.05, 0) is 28.9 Å². The molecule has 4 N–H and O–H groups in total. The van der Waals surface area contributed by atoms with Crippen molar-refractivity contribution < 1.29 is 18.3 Å². The fourth-order valence-corrected chi connectivity index (χ4v) is 4.35. The van der Waals surface area contributed by atoms with Crippen molar-refractivity contribution in [2.24, 2.45) is 5.84 Å². The zero-order valence-corrected chi connectivity index (χ0v) is 13.8. The van der Waals surface area contributed by atoms with Crippen LogP contribution in [0.15, 0.2) is 21.6 Å². The highest BCUT2D eigenvalue weighted by atomic mass is 79.9. The number of nitrogens with zero attached hydrogens (tertiary/aromatic N) is 2. The maximum atomic E-state index is 12.8. The van der Waals surface area contributed by atoms with E-state index in [9.17, 15) is 13.5 Å². The number of aliphatic hydroxyl groups excluding tert-OH is 1. The van der Waals surface area contributed by atoms with Crippen molar-refractivity contribution in [2.45, 2.75) is 24.0 Å². The monoisotopic (exact) mass is 380 g/mol. The third kappa shape index (κ3) is 3.35. The van der Waals surface area contributed by atoms with Gasteiger partial charge in [0.2, 0.25) is 10.0 Å². The van der Waals surface area contributed by atoms with Crippen LogP contribution in [-0.2, 0) is 14.8 Å². The maximum Gasteiger partial charge on any atom is 0.247 e. The predicted molar refractivity (Wildman–Crippen MR) is 79.9 cm³/mol.